The summed E-state index contributed by atoms with van der Waals surface area (Å²) in [4.78, 5) is 15.5. The molecule has 0 saturated carbocycles. The van der Waals surface area contributed by atoms with Crippen molar-refractivity contribution in [1.29, 1.82) is 0 Å². The Labute approximate surface area is 102 Å². The fourth-order valence-corrected chi connectivity index (χ4v) is 1.38. The molecule has 1 rings (SSSR count). The van der Waals surface area contributed by atoms with Crippen LogP contribution in [0.15, 0.2) is 29.3 Å². The van der Waals surface area contributed by atoms with Crippen LogP contribution in [0.1, 0.15) is 26.3 Å². The second-order valence-corrected chi connectivity index (χ2v) is 4.08. The lowest BCUT2D eigenvalue weighted by molar-refractivity contribution is -0.118. The van der Waals surface area contributed by atoms with E-state index in [2.05, 4.69) is 17.0 Å². The lowest BCUT2D eigenvalue weighted by Crippen LogP contribution is -2.17. The Kier molecular flexibility index (Phi) is 4.64. The van der Waals surface area contributed by atoms with Crippen LogP contribution in [0.2, 0.25) is 0 Å². The Morgan fingerprint density at radius 1 is 1.47 bits per heavy atom. The molecule has 0 saturated heterocycles. The smallest absolute Gasteiger partial charge is 0.226 e. The summed E-state index contributed by atoms with van der Waals surface area (Å²) < 4.78 is 0. The predicted molar refractivity (Wildman–Crippen MR) is 73.8 cm³/mol. The van der Waals surface area contributed by atoms with Gasteiger partial charge in [-0.15, -0.1) is 0 Å². The van der Waals surface area contributed by atoms with Crippen molar-refractivity contribution in [2.45, 2.75) is 20.8 Å². The number of nitrogens with one attached hydrogen (secondary N) is 1. The highest BCUT2D eigenvalue weighted by molar-refractivity contribution is 5.92. The standard InChI is InChI=1S/C14H18N2O/c1-5-6-11-9-12(7-8-13(11)15-4)16-14(17)10(2)3/h5-10H,4H2,1-3H3,(H,16,17)/b6-5-. The van der Waals surface area contributed by atoms with Crippen molar-refractivity contribution in [3.63, 3.8) is 0 Å². The normalized spacial score (nSPS) is 10.8. The molecule has 0 fully saturated rings. The van der Waals surface area contributed by atoms with Crippen LogP contribution in [0.5, 0.6) is 0 Å². The SMILES string of the molecule is C=Nc1ccc(NC(=O)C(C)C)cc1/C=C\C. The van der Waals surface area contributed by atoms with Crippen molar-refractivity contribution in [2.24, 2.45) is 10.9 Å². The van der Waals surface area contributed by atoms with E-state index in [9.17, 15) is 4.79 Å². The maximum atomic E-state index is 11.6. The molecule has 0 spiro atoms. The Bertz CT molecular complexity index is 448. The first-order chi connectivity index (χ1) is 8.08. The maximum absolute atomic E-state index is 11.6. The molecule has 0 unspecified atom stereocenters. The molecule has 1 N–H and O–H groups in total. The molecular formula is C14H18N2O. The van der Waals surface area contributed by atoms with Gasteiger partial charge in [0.25, 0.3) is 0 Å². The van der Waals surface area contributed by atoms with Gasteiger partial charge >= 0.3 is 0 Å². The predicted octanol–water partition coefficient (Wildman–Crippen LogP) is 3.65. The maximum Gasteiger partial charge on any atom is 0.226 e. The molecule has 0 heterocycles. The van der Waals surface area contributed by atoms with E-state index in [1.165, 1.54) is 0 Å². The molecule has 1 aromatic rings. The minimum absolute atomic E-state index is 0.00994. The lowest BCUT2D eigenvalue weighted by atomic mass is 10.1. The summed E-state index contributed by atoms with van der Waals surface area (Å²) >= 11 is 0. The van der Waals surface area contributed by atoms with Crippen molar-refractivity contribution in [3.8, 4) is 0 Å². The van der Waals surface area contributed by atoms with Crippen LogP contribution in [0.25, 0.3) is 6.08 Å². The first kappa shape index (κ1) is 13.2. The molecule has 1 amide bonds. The molecule has 1 aromatic carbocycles. The van der Waals surface area contributed by atoms with Gasteiger partial charge in [0.05, 0.1) is 5.69 Å². The quantitative estimate of drug-likeness (QED) is 0.788. The number of anilines is 1. The molecule has 90 valence electrons. The van der Waals surface area contributed by atoms with Crippen LogP contribution in [-0.2, 0) is 4.79 Å². The monoisotopic (exact) mass is 230 g/mol. The molecule has 3 heteroatoms. The summed E-state index contributed by atoms with van der Waals surface area (Å²) in [6.07, 6.45) is 3.87. The number of hydrogen-bond acceptors (Lipinski definition) is 2. The zero-order valence-corrected chi connectivity index (χ0v) is 10.5. The molecule has 17 heavy (non-hydrogen) atoms. The number of carbonyl (C=O) groups excluding carboxylic acids is 1. The zero-order chi connectivity index (χ0) is 12.8. The number of hydrogen-bond donors (Lipinski definition) is 1. The van der Waals surface area contributed by atoms with Gasteiger partial charge in [0.2, 0.25) is 5.91 Å². The summed E-state index contributed by atoms with van der Waals surface area (Å²) in [5.41, 5.74) is 2.54. The average Bonchev–Trinajstić information content (AvgIpc) is 2.29. The highest BCUT2D eigenvalue weighted by Crippen LogP contribution is 2.24. The van der Waals surface area contributed by atoms with Crippen LogP contribution < -0.4 is 5.32 Å². The van der Waals surface area contributed by atoms with Crippen molar-refractivity contribution >= 4 is 30.1 Å². The van der Waals surface area contributed by atoms with Crippen molar-refractivity contribution < 1.29 is 4.79 Å². The summed E-state index contributed by atoms with van der Waals surface area (Å²) in [7, 11) is 0. The molecule has 0 aliphatic heterocycles. The third-order valence-corrected chi connectivity index (χ3v) is 2.34. The molecule has 0 aromatic heterocycles. The summed E-state index contributed by atoms with van der Waals surface area (Å²) in [5, 5.41) is 2.86. The number of amides is 1. The molecule has 0 bridgehead atoms. The topological polar surface area (TPSA) is 41.5 Å². The Morgan fingerprint density at radius 3 is 2.71 bits per heavy atom. The lowest BCUT2D eigenvalue weighted by Gasteiger charge is -2.09. The molecule has 0 radical (unpaired) electrons. The van der Waals surface area contributed by atoms with Gasteiger partial charge in [0.1, 0.15) is 0 Å². The third kappa shape index (κ3) is 3.55. The summed E-state index contributed by atoms with van der Waals surface area (Å²) in [6.45, 7) is 9.18. The summed E-state index contributed by atoms with van der Waals surface area (Å²) in [5.74, 6) is -0.0203. The van der Waals surface area contributed by atoms with Gasteiger partial charge in [-0.1, -0.05) is 26.0 Å². The van der Waals surface area contributed by atoms with Gasteiger partial charge in [-0.3, -0.25) is 9.79 Å². The fourth-order valence-electron chi connectivity index (χ4n) is 1.38. The zero-order valence-electron chi connectivity index (χ0n) is 10.5. The number of benzene rings is 1. The van der Waals surface area contributed by atoms with Crippen molar-refractivity contribution in [2.75, 3.05) is 5.32 Å². The van der Waals surface area contributed by atoms with Crippen LogP contribution in [0.3, 0.4) is 0 Å². The molecule has 0 aliphatic rings. The Hall–Kier alpha value is -1.90. The van der Waals surface area contributed by atoms with E-state index in [-0.39, 0.29) is 11.8 Å². The van der Waals surface area contributed by atoms with E-state index >= 15 is 0 Å². The minimum atomic E-state index is -0.0302. The molecular weight excluding hydrogens is 212 g/mol. The van der Waals surface area contributed by atoms with Crippen LogP contribution >= 0.6 is 0 Å². The van der Waals surface area contributed by atoms with E-state index in [0.717, 1.165) is 16.9 Å². The first-order valence-corrected chi connectivity index (χ1v) is 5.62. The van der Waals surface area contributed by atoms with Crippen molar-refractivity contribution in [1.82, 2.24) is 0 Å². The third-order valence-electron chi connectivity index (χ3n) is 2.34. The van der Waals surface area contributed by atoms with E-state index in [4.69, 9.17) is 0 Å². The van der Waals surface area contributed by atoms with E-state index < -0.39 is 0 Å². The van der Waals surface area contributed by atoms with E-state index in [1.807, 2.05) is 51.1 Å². The highest BCUT2D eigenvalue weighted by atomic mass is 16.1. The van der Waals surface area contributed by atoms with Crippen LogP contribution in [-0.4, -0.2) is 12.6 Å². The number of nitrogens with zero attached hydrogens (tertiary/aromatic N) is 1. The number of carbonyl (C=O) groups is 1. The van der Waals surface area contributed by atoms with Gasteiger partial charge in [-0.2, -0.15) is 0 Å². The van der Waals surface area contributed by atoms with Crippen molar-refractivity contribution in [3.05, 3.63) is 29.8 Å². The van der Waals surface area contributed by atoms with Crippen LogP contribution in [0.4, 0.5) is 11.4 Å². The molecule has 3 nitrogen and oxygen atoms in total. The highest BCUT2D eigenvalue weighted by Gasteiger charge is 2.07. The largest absolute Gasteiger partial charge is 0.326 e. The second-order valence-electron chi connectivity index (χ2n) is 4.08. The Morgan fingerprint density at radius 2 is 2.18 bits per heavy atom. The minimum Gasteiger partial charge on any atom is -0.326 e. The second kappa shape index (κ2) is 5.99. The number of allylic oxidation sites excluding steroid dienone is 1. The number of aliphatic imine (C=N–C) groups is 1. The van der Waals surface area contributed by atoms with E-state index in [1.54, 1.807) is 0 Å². The van der Waals surface area contributed by atoms with Gasteiger partial charge in [0.15, 0.2) is 0 Å². The fraction of sp³-hybridized carbons (Fsp3) is 0.286. The van der Waals surface area contributed by atoms with E-state index in [0.29, 0.717) is 0 Å². The number of rotatable bonds is 4. The first-order valence-electron chi connectivity index (χ1n) is 5.62. The molecule has 0 atom stereocenters. The average molecular weight is 230 g/mol. The molecule has 0 aliphatic carbocycles. The van der Waals surface area contributed by atoms with Gasteiger partial charge in [-0.25, -0.2) is 0 Å². The van der Waals surface area contributed by atoms with Gasteiger partial charge < -0.3 is 5.32 Å². The summed E-state index contributed by atoms with van der Waals surface area (Å²) in [6, 6.07) is 5.57. The van der Waals surface area contributed by atoms with Gasteiger partial charge in [0, 0.05) is 17.2 Å². The van der Waals surface area contributed by atoms with Crippen LogP contribution in [0, 0.1) is 5.92 Å². The Balaban J connectivity index is 3.00. The van der Waals surface area contributed by atoms with Gasteiger partial charge in [-0.05, 0) is 31.8 Å².